The molecule has 0 radical (unpaired) electrons. The van der Waals surface area contributed by atoms with Crippen LogP contribution in [-0.4, -0.2) is 12.8 Å². The fraction of sp³-hybridized carbons (Fsp3) is 0.118. The highest BCUT2D eigenvalue weighted by atomic mass is 35.5. The number of ether oxygens (including phenoxy) is 1. The molecular formula is C17H15ClN2O. The summed E-state index contributed by atoms with van der Waals surface area (Å²) in [6.45, 7) is 0.865. The van der Waals surface area contributed by atoms with Crippen molar-refractivity contribution < 1.29 is 4.74 Å². The Labute approximate surface area is 129 Å². The SMILES string of the molecule is C#CCOc1ccccc1/C=N\NCc1ccc(Cl)cc1. The number of halogens is 1. The Morgan fingerprint density at radius 1 is 1.19 bits per heavy atom. The summed E-state index contributed by atoms with van der Waals surface area (Å²) in [6.07, 6.45) is 6.90. The summed E-state index contributed by atoms with van der Waals surface area (Å²) in [5.41, 5.74) is 4.96. The van der Waals surface area contributed by atoms with Crippen LogP contribution in [0.3, 0.4) is 0 Å². The minimum atomic E-state index is 0.239. The van der Waals surface area contributed by atoms with Crippen LogP contribution >= 0.6 is 11.6 Å². The van der Waals surface area contributed by atoms with Gasteiger partial charge in [0, 0.05) is 10.6 Å². The highest BCUT2D eigenvalue weighted by molar-refractivity contribution is 6.30. The fourth-order valence-corrected chi connectivity index (χ4v) is 1.82. The molecule has 0 saturated carbocycles. The first kappa shape index (κ1) is 15.0. The lowest BCUT2D eigenvalue weighted by atomic mass is 10.2. The standard InChI is InChI=1S/C17H15ClN2O/c1-2-11-21-17-6-4-3-5-15(17)13-20-19-12-14-7-9-16(18)10-8-14/h1,3-10,13,19H,11-12H2/b20-13-. The molecular weight excluding hydrogens is 284 g/mol. The molecule has 3 nitrogen and oxygen atoms in total. The Morgan fingerprint density at radius 3 is 2.71 bits per heavy atom. The maximum Gasteiger partial charge on any atom is 0.148 e. The molecule has 0 aliphatic heterocycles. The Hall–Kier alpha value is -2.44. The van der Waals surface area contributed by atoms with E-state index >= 15 is 0 Å². The van der Waals surface area contributed by atoms with Crippen LogP contribution in [0.1, 0.15) is 11.1 Å². The van der Waals surface area contributed by atoms with Gasteiger partial charge in [-0.2, -0.15) is 5.10 Å². The quantitative estimate of drug-likeness (QED) is 0.503. The number of hydrogen-bond acceptors (Lipinski definition) is 3. The van der Waals surface area contributed by atoms with Crippen molar-refractivity contribution in [3.63, 3.8) is 0 Å². The summed E-state index contributed by atoms with van der Waals surface area (Å²) in [5, 5.41) is 4.91. The zero-order valence-corrected chi connectivity index (χ0v) is 12.2. The molecule has 0 bridgehead atoms. The first-order valence-corrected chi connectivity index (χ1v) is 6.83. The second-order valence-corrected chi connectivity index (χ2v) is 4.69. The highest BCUT2D eigenvalue weighted by Crippen LogP contribution is 2.15. The van der Waals surface area contributed by atoms with E-state index < -0.39 is 0 Å². The predicted molar refractivity (Wildman–Crippen MR) is 86.7 cm³/mol. The lowest BCUT2D eigenvalue weighted by molar-refractivity contribution is 0.370. The van der Waals surface area contributed by atoms with E-state index in [1.165, 1.54) is 0 Å². The van der Waals surface area contributed by atoms with E-state index in [1.54, 1.807) is 6.21 Å². The van der Waals surface area contributed by atoms with Crippen molar-refractivity contribution in [2.45, 2.75) is 6.54 Å². The number of benzene rings is 2. The Morgan fingerprint density at radius 2 is 1.95 bits per heavy atom. The van der Waals surface area contributed by atoms with E-state index in [2.05, 4.69) is 16.4 Å². The molecule has 1 N–H and O–H groups in total. The van der Waals surface area contributed by atoms with Crippen molar-refractivity contribution in [1.82, 2.24) is 5.43 Å². The summed E-state index contributed by atoms with van der Waals surface area (Å²) in [4.78, 5) is 0. The van der Waals surface area contributed by atoms with Gasteiger partial charge in [0.2, 0.25) is 0 Å². The van der Waals surface area contributed by atoms with Crippen molar-refractivity contribution in [1.29, 1.82) is 0 Å². The molecule has 2 aromatic rings. The van der Waals surface area contributed by atoms with Crippen LogP contribution in [0.2, 0.25) is 5.02 Å². The zero-order chi connectivity index (χ0) is 14.9. The van der Waals surface area contributed by atoms with Gasteiger partial charge in [-0.25, -0.2) is 0 Å². The topological polar surface area (TPSA) is 33.6 Å². The van der Waals surface area contributed by atoms with Crippen molar-refractivity contribution in [2.24, 2.45) is 5.10 Å². The molecule has 0 aliphatic rings. The fourth-order valence-electron chi connectivity index (χ4n) is 1.69. The highest BCUT2D eigenvalue weighted by Gasteiger charge is 1.99. The molecule has 0 amide bonds. The Balaban J connectivity index is 1.92. The number of hydrogen-bond donors (Lipinski definition) is 1. The number of nitrogens with one attached hydrogen (secondary N) is 1. The summed E-state index contributed by atoms with van der Waals surface area (Å²) in [5.74, 6) is 3.16. The molecule has 2 rings (SSSR count). The molecule has 106 valence electrons. The first-order valence-electron chi connectivity index (χ1n) is 6.45. The second-order valence-electron chi connectivity index (χ2n) is 4.25. The molecule has 21 heavy (non-hydrogen) atoms. The monoisotopic (exact) mass is 298 g/mol. The van der Waals surface area contributed by atoms with Crippen molar-refractivity contribution in [3.8, 4) is 18.1 Å². The molecule has 0 aromatic heterocycles. The lowest BCUT2D eigenvalue weighted by Gasteiger charge is -2.05. The van der Waals surface area contributed by atoms with Gasteiger partial charge in [0.15, 0.2) is 0 Å². The van der Waals surface area contributed by atoms with E-state index in [4.69, 9.17) is 22.8 Å². The molecule has 0 saturated heterocycles. The van der Waals surface area contributed by atoms with E-state index in [1.807, 2.05) is 48.5 Å². The van der Waals surface area contributed by atoms with E-state index in [9.17, 15) is 0 Å². The van der Waals surface area contributed by atoms with Gasteiger partial charge in [-0.3, -0.25) is 0 Å². The molecule has 0 atom stereocenters. The second kappa shape index (κ2) is 7.98. The number of hydrazone groups is 1. The van der Waals surface area contributed by atoms with Gasteiger partial charge in [-0.15, -0.1) is 6.42 Å². The molecule has 0 aliphatic carbocycles. The van der Waals surface area contributed by atoms with Gasteiger partial charge in [0.1, 0.15) is 12.4 Å². The summed E-state index contributed by atoms with van der Waals surface area (Å²) < 4.78 is 5.44. The average Bonchev–Trinajstić information content (AvgIpc) is 2.52. The number of para-hydroxylation sites is 1. The van der Waals surface area contributed by atoms with Crippen LogP contribution in [0.15, 0.2) is 53.6 Å². The van der Waals surface area contributed by atoms with E-state index in [-0.39, 0.29) is 6.61 Å². The maximum absolute atomic E-state index is 5.83. The van der Waals surface area contributed by atoms with Crippen LogP contribution in [0.25, 0.3) is 0 Å². The van der Waals surface area contributed by atoms with Gasteiger partial charge < -0.3 is 10.2 Å². The third-order valence-electron chi connectivity index (χ3n) is 2.72. The molecule has 2 aromatic carbocycles. The third-order valence-corrected chi connectivity index (χ3v) is 2.97. The van der Waals surface area contributed by atoms with Gasteiger partial charge in [-0.05, 0) is 29.8 Å². The van der Waals surface area contributed by atoms with Crippen LogP contribution < -0.4 is 10.2 Å². The first-order chi connectivity index (χ1) is 10.3. The molecule has 0 spiro atoms. The van der Waals surface area contributed by atoms with Crippen LogP contribution in [-0.2, 0) is 6.54 Å². The summed E-state index contributed by atoms with van der Waals surface area (Å²) >= 11 is 5.83. The average molecular weight is 299 g/mol. The Bertz CT molecular complexity index is 645. The lowest BCUT2D eigenvalue weighted by Crippen LogP contribution is -2.06. The van der Waals surface area contributed by atoms with E-state index in [0.717, 1.165) is 16.1 Å². The van der Waals surface area contributed by atoms with E-state index in [0.29, 0.717) is 12.3 Å². The maximum atomic E-state index is 5.83. The minimum Gasteiger partial charge on any atom is -0.480 e. The zero-order valence-electron chi connectivity index (χ0n) is 11.4. The molecule has 4 heteroatoms. The van der Waals surface area contributed by atoms with Gasteiger partial charge in [-0.1, -0.05) is 41.8 Å². The third kappa shape index (κ3) is 4.87. The smallest absolute Gasteiger partial charge is 0.148 e. The predicted octanol–water partition coefficient (Wildman–Crippen LogP) is 3.48. The Kier molecular flexibility index (Phi) is 5.69. The van der Waals surface area contributed by atoms with Crippen molar-refractivity contribution >= 4 is 17.8 Å². The molecule has 0 fully saturated rings. The normalized spacial score (nSPS) is 10.3. The largest absolute Gasteiger partial charge is 0.480 e. The number of terminal acetylenes is 1. The van der Waals surface area contributed by atoms with Crippen molar-refractivity contribution in [2.75, 3.05) is 6.61 Å². The van der Waals surface area contributed by atoms with Gasteiger partial charge >= 0.3 is 0 Å². The minimum absolute atomic E-state index is 0.239. The molecule has 0 unspecified atom stereocenters. The summed E-state index contributed by atoms with van der Waals surface area (Å²) in [6, 6.07) is 15.2. The van der Waals surface area contributed by atoms with Crippen LogP contribution in [0.5, 0.6) is 5.75 Å². The number of rotatable bonds is 6. The van der Waals surface area contributed by atoms with Crippen LogP contribution in [0.4, 0.5) is 0 Å². The van der Waals surface area contributed by atoms with Crippen LogP contribution in [0, 0.1) is 12.3 Å². The summed E-state index contributed by atoms with van der Waals surface area (Å²) in [7, 11) is 0. The van der Waals surface area contributed by atoms with Crippen molar-refractivity contribution in [3.05, 3.63) is 64.7 Å². The van der Waals surface area contributed by atoms with Gasteiger partial charge in [0.25, 0.3) is 0 Å². The number of nitrogens with zero attached hydrogens (tertiary/aromatic N) is 1. The molecule has 0 heterocycles. The van der Waals surface area contributed by atoms with Gasteiger partial charge in [0.05, 0.1) is 12.8 Å².